The fourth-order valence-electron chi connectivity index (χ4n) is 2.86. The molecule has 0 aromatic rings. The lowest BCUT2D eigenvalue weighted by molar-refractivity contribution is 0.00585. The minimum Gasteiger partial charge on any atom is -0.314 e. The fourth-order valence-corrected chi connectivity index (χ4v) is 2.86. The van der Waals surface area contributed by atoms with Crippen molar-refractivity contribution in [3.8, 4) is 0 Å². The average Bonchev–Trinajstić information content (AvgIpc) is 2.58. The van der Waals surface area contributed by atoms with E-state index in [0.717, 1.165) is 32.5 Å². The van der Waals surface area contributed by atoms with Crippen molar-refractivity contribution in [1.82, 2.24) is 10.2 Å². The van der Waals surface area contributed by atoms with Crippen LogP contribution >= 0.6 is 0 Å². The van der Waals surface area contributed by atoms with E-state index in [1.165, 1.54) is 12.8 Å². The highest BCUT2D eigenvalue weighted by atomic mass is 19.3. The minimum absolute atomic E-state index is 0.0400. The van der Waals surface area contributed by atoms with Crippen LogP contribution in [-0.2, 0) is 0 Å². The van der Waals surface area contributed by atoms with E-state index in [4.69, 9.17) is 0 Å². The lowest BCUT2D eigenvalue weighted by atomic mass is 9.93. The summed E-state index contributed by atoms with van der Waals surface area (Å²) in [6.45, 7) is 2.50. The topological polar surface area (TPSA) is 15.3 Å². The monoisotopic (exact) mass is 204 g/mol. The zero-order valence-corrected chi connectivity index (χ0v) is 8.44. The zero-order valence-electron chi connectivity index (χ0n) is 8.44. The van der Waals surface area contributed by atoms with Gasteiger partial charge in [0.1, 0.15) is 0 Å². The van der Waals surface area contributed by atoms with Crippen molar-refractivity contribution in [2.45, 2.75) is 37.6 Å². The van der Waals surface area contributed by atoms with Gasteiger partial charge in [-0.15, -0.1) is 0 Å². The van der Waals surface area contributed by atoms with Gasteiger partial charge in [-0.05, 0) is 12.8 Å². The summed E-state index contributed by atoms with van der Waals surface area (Å²) in [5.74, 6) is 0. The third-order valence-electron chi connectivity index (χ3n) is 3.58. The van der Waals surface area contributed by atoms with Gasteiger partial charge in [0.25, 0.3) is 6.43 Å². The average molecular weight is 204 g/mol. The Balaban J connectivity index is 2.02. The number of nitrogens with one attached hydrogen (secondary N) is 1. The number of nitrogens with zero attached hydrogens (tertiary/aromatic N) is 1. The second-order valence-corrected chi connectivity index (χ2v) is 4.45. The van der Waals surface area contributed by atoms with Crippen LogP contribution in [0, 0.1) is 0 Å². The van der Waals surface area contributed by atoms with Gasteiger partial charge in [0, 0.05) is 25.2 Å². The summed E-state index contributed by atoms with van der Waals surface area (Å²) < 4.78 is 24.8. The molecule has 82 valence electrons. The van der Waals surface area contributed by atoms with Gasteiger partial charge in [-0.25, -0.2) is 8.78 Å². The summed E-state index contributed by atoms with van der Waals surface area (Å²) in [5.41, 5.74) is 0.0642. The van der Waals surface area contributed by atoms with Crippen LogP contribution in [0.25, 0.3) is 0 Å². The smallest absolute Gasteiger partial charge is 0.251 e. The summed E-state index contributed by atoms with van der Waals surface area (Å²) in [5, 5.41) is 3.33. The summed E-state index contributed by atoms with van der Waals surface area (Å²) in [4.78, 5) is 2.02. The molecule has 1 spiro atoms. The molecule has 1 saturated heterocycles. The first kappa shape index (κ1) is 10.3. The van der Waals surface area contributed by atoms with Gasteiger partial charge in [0.05, 0.1) is 6.54 Å². The third kappa shape index (κ3) is 1.91. The summed E-state index contributed by atoms with van der Waals surface area (Å²) >= 11 is 0. The zero-order chi connectivity index (χ0) is 10.0. The molecule has 0 bridgehead atoms. The Morgan fingerprint density at radius 2 is 2.00 bits per heavy atom. The summed E-state index contributed by atoms with van der Waals surface area (Å²) in [6, 6.07) is 0. The molecule has 1 N–H and O–H groups in total. The molecule has 1 saturated carbocycles. The molecule has 1 aliphatic heterocycles. The van der Waals surface area contributed by atoms with E-state index in [2.05, 4.69) is 5.32 Å². The van der Waals surface area contributed by atoms with E-state index in [-0.39, 0.29) is 12.1 Å². The van der Waals surface area contributed by atoms with Crippen LogP contribution in [0.15, 0.2) is 0 Å². The van der Waals surface area contributed by atoms with E-state index < -0.39 is 6.43 Å². The fraction of sp³-hybridized carbons (Fsp3) is 1.00. The van der Waals surface area contributed by atoms with Crippen LogP contribution in [0.1, 0.15) is 25.7 Å². The molecule has 0 radical (unpaired) electrons. The number of rotatable bonds is 2. The molecule has 0 atom stereocenters. The van der Waals surface area contributed by atoms with Crippen LogP contribution in [0.4, 0.5) is 8.78 Å². The maximum atomic E-state index is 12.4. The Bertz CT molecular complexity index is 191. The van der Waals surface area contributed by atoms with Crippen molar-refractivity contribution in [1.29, 1.82) is 0 Å². The molecule has 2 fully saturated rings. The molecule has 4 heteroatoms. The Morgan fingerprint density at radius 1 is 1.29 bits per heavy atom. The molecule has 1 aliphatic carbocycles. The molecular weight excluding hydrogens is 186 g/mol. The molecule has 0 unspecified atom stereocenters. The van der Waals surface area contributed by atoms with Crippen LogP contribution < -0.4 is 5.32 Å². The minimum atomic E-state index is -2.19. The van der Waals surface area contributed by atoms with Crippen molar-refractivity contribution in [3.05, 3.63) is 0 Å². The highest BCUT2D eigenvalue weighted by molar-refractivity contribution is 4.99. The Hall–Kier alpha value is -0.220. The lowest BCUT2D eigenvalue weighted by Crippen LogP contribution is -2.60. The summed E-state index contributed by atoms with van der Waals surface area (Å²) in [7, 11) is 0. The highest BCUT2D eigenvalue weighted by Gasteiger charge is 2.41. The molecule has 2 aliphatic rings. The van der Waals surface area contributed by atoms with E-state index in [9.17, 15) is 8.78 Å². The van der Waals surface area contributed by atoms with Gasteiger partial charge >= 0.3 is 0 Å². The molecule has 0 aromatic carbocycles. The van der Waals surface area contributed by atoms with Crippen molar-refractivity contribution < 1.29 is 8.78 Å². The van der Waals surface area contributed by atoms with Crippen LogP contribution in [0.3, 0.4) is 0 Å². The predicted octanol–water partition coefficient (Wildman–Crippen LogP) is 1.47. The van der Waals surface area contributed by atoms with Crippen molar-refractivity contribution >= 4 is 0 Å². The second-order valence-electron chi connectivity index (χ2n) is 4.45. The molecule has 14 heavy (non-hydrogen) atoms. The number of piperazine rings is 1. The molecule has 0 amide bonds. The predicted molar refractivity (Wildman–Crippen MR) is 51.6 cm³/mol. The highest BCUT2D eigenvalue weighted by Crippen LogP contribution is 2.36. The normalized spacial score (nSPS) is 27.6. The Kier molecular flexibility index (Phi) is 3.02. The number of hydrogen-bond acceptors (Lipinski definition) is 2. The number of halogens is 2. The molecule has 2 rings (SSSR count). The van der Waals surface area contributed by atoms with Gasteiger partial charge in [-0.2, -0.15) is 0 Å². The maximum absolute atomic E-state index is 12.4. The molecule has 0 aromatic heterocycles. The standard InChI is InChI=1S/C10H18F2N2/c11-9(12)7-14-6-5-13-8-10(14)3-1-2-4-10/h9,13H,1-8H2. The van der Waals surface area contributed by atoms with Crippen LogP contribution in [0.5, 0.6) is 0 Å². The maximum Gasteiger partial charge on any atom is 0.251 e. The van der Waals surface area contributed by atoms with Gasteiger partial charge < -0.3 is 5.32 Å². The van der Waals surface area contributed by atoms with Gasteiger partial charge in [0.2, 0.25) is 0 Å². The van der Waals surface area contributed by atoms with Crippen LogP contribution in [-0.4, -0.2) is 43.0 Å². The van der Waals surface area contributed by atoms with E-state index >= 15 is 0 Å². The first-order valence-corrected chi connectivity index (χ1v) is 5.47. The van der Waals surface area contributed by atoms with Crippen molar-refractivity contribution in [2.24, 2.45) is 0 Å². The molecule has 1 heterocycles. The number of alkyl halides is 2. The van der Waals surface area contributed by atoms with Crippen molar-refractivity contribution in [3.63, 3.8) is 0 Å². The van der Waals surface area contributed by atoms with Crippen molar-refractivity contribution in [2.75, 3.05) is 26.2 Å². The van der Waals surface area contributed by atoms with E-state index in [1.807, 2.05) is 4.90 Å². The van der Waals surface area contributed by atoms with Gasteiger partial charge in [0.15, 0.2) is 0 Å². The van der Waals surface area contributed by atoms with Gasteiger partial charge in [-0.3, -0.25) is 4.90 Å². The van der Waals surface area contributed by atoms with Crippen LogP contribution in [0.2, 0.25) is 0 Å². The van der Waals surface area contributed by atoms with E-state index in [1.54, 1.807) is 0 Å². The third-order valence-corrected chi connectivity index (χ3v) is 3.58. The SMILES string of the molecule is FC(F)CN1CCNCC12CCCC2. The first-order chi connectivity index (χ1) is 6.73. The first-order valence-electron chi connectivity index (χ1n) is 5.47. The van der Waals surface area contributed by atoms with Gasteiger partial charge in [-0.1, -0.05) is 12.8 Å². The molecular formula is C10H18F2N2. The second kappa shape index (κ2) is 4.11. The Morgan fingerprint density at radius 3 is 2.64 bits per heavy atom. The summed E-state index contributed by atoms with van der Waals surface area (Å²) in [6.07, 6.45) is 2.38. The largest absolute Gasteiger partial charge is 0.314 e. The van der Waals surface area contributed by atoms with E-state index in [0.29, 0.717) is 0 Å². The lowest BCUT2D eigenvalue weighted by Gasteiger charge is -2.45. The molecule has 2 nitrogen and oxygen atoms in total. The number of hydrogen-bond donors (Lipinski definition) is 1. The quantitative estimate of drug-likeness (QED) is 0.732. The Labute approximate surface area is 83.7 Å².